The van der Waals surface area contributed by atoms with Crippen LogP contribution in [-0.2, 0) is 6.42 Å². The molecule has 0 saturated carbocycles. The van der Waals surface area contributed by atoms with E-state index in [4.69, 9.17) is 5.84 Å². The summed E-state index contributed by atoms with van der Waals surface area (Å²) in [4.78, 5) is 8.91. The molecule has 0 amide bonds. The minimum absolute atomic E-state index is 0.699. The lowest BCUT2D eigenvalue weighted by Crippen LogP contribution is -2.13. The molecule has 4 nitrogen and oxygen atoms in total. The molecule has 0 spiro atoms. The fourth-order valence-corrected chi connectivity index (χ4v) is 1.79. The third-order valence-electron chi connectivity index (χ3n) is 3.06. The Morgan fingerprint density at radius 3 is 2.33 bits per heavy atom. The number of nitrogens with two attached hydrogens (primary N) is 1. The van der Waals surface area contributed by atoms with E-state index < -0.39 is 0 Å². The van der Waals surface area contributed by atoms with Crippen molar-refractivity contribution in [2.45, 2.75) is 27.2 Å². The Morgan fingerprint density at radius 1 is 1.06 bits per heavy atom. The summed E-state index contributed by atoms with van der Waals surface area (Å²) in [6.45, 7) is 6.00. The van der Waals surface area contributed by atoms with E-state index in [1.807, 2.05) is 13.8 Å². The van der Waals surface area contributed by atoms with Crippen LogP contribution in [-0.4, -0.2) is 9.97 Å². The van der Waals surface area contributed by atoms with Gasteiger partial charge >= 0.3 is 0 Å². The molecule has 1 heterocycles. The molecule has 2 aromatic rings. The van der Waals surface area contributed by atoms with Gasteiger partial charge in [0, 0.05) is 17.7 Å². The maximum absolute atomic E-state index is 5.46. The van der Waals surface area contributed by atoms with E-state index in [1.165, 1.54) is 11.1 Å². The van der Waals surface area contributed by atoms with Crippen LogP contribution in [0.4, 0.5) is 5.82 Å². The Kier molecular flexibility index (Phi) is 3.58. The molecular formula is C14H18N4. The quantitative estimate of drug-likeness (QED) is 0.640. The Morgan fingerprint density at radius 2 is 1.72 bits per heavy atom. The predicted molar refractivity (Wildman–Crippen MR) is 73.3 cm³/mol. The van der Waals surface area contributed by atoms with Crippen molar-refractivity contribution in [2.24, 2.45) is 5.84 Å². The van der Waals surface area contributed by atoms with Crippen molar-refractivity contribution < 1.29 is 0 Å². The largest absolute Gasteiger partial charge is 0.308 e. The number of rotatable bonds is 3. The van der Waals surface area contributed by atoms with Crippen molar-refractivity contribution in [2.75, 3.05) is 5.43 Å². The Bertz CT molecular complexity index is 546. The smallest absolute Gasteiger partial charge is 0.146 e. The fraction of sp³-hybridized carbons (Fsp3) is 0.286. The van der Waals surface area contributed by atoms with Gasteiger partial charge in [-0.15, -0.1) is 0 Å². The molecule has 1 aromatic heterocycles. The summed E-state index contributed by atoms with van der Waals surface area (Å²) < 4.78 is 0. The highest BCUT2D eigenvalue weighted by molar-refractivity contribution is 5.44. The van der Waals surface area contributed by atoms with E-state index >= 15 is 0 Å². The molecule has 2 rings (SSSR count). The molecule has 0 aliphatic heterocycles. The Labute approximate surface area is 107 Å². The van der Waals surface area contributed by atoms with Gasteiger partial charge in [0.15, 0.2) is 0 Å². The molecule has 18 heavy (non-hydrogen) atoms. The molecular weight excluding hydrogens is 224 g/mol. The van der Waals surface area contributed by atoms with Crippen molar-refractivity contribution in [3.63, 3.8) is 0 Å². The van der Waals surface area contributed by atoms with Gasteiger partial charge in [-0.05, 0) is 26.3 Å². The minimum Gasteiger partial charge on any atom is -0.308 e. The van der Waals surface area contributed by atoms with Crippen LogP contribution in [0.2, 0.25) is 0 Å². The molecule has 0 fully saturated rings. The number of anilines is 1. The summed E-state index contributed by atoms with van der Waals surface area (Å²) >= 11 is 0. The van der Waals surface area contributed by atoms with Crippen molar-refractivity contribution >= 4 is 5.82 Å². The summed E-state index contributed by atoms with van der Waals surface area (Å²) in [6.07, 6.45) is 0.718. The average Bonchev–Trinajstić information content (AvgIpc) is 2.36. The molecule has 94 valence electrons. The Balaban J connectivity index is 2.29. The van der Waals surface area contributed by atoms with Crippen LogP contribution in [0.1, 0.15) is 28.2 Å². The minimum atomic E-state index is 0.699. The first kappa shape index (κ1) is 12.5. The highest BCUT2D eigenvalue weighted by Crippen LogP contribution is 2.15. The number of hydrogen-bond donors (Lipinski definition) is 2. The SMILES string of the molecule is Cc1ccc(Cc2nc(C)c(C)c(NN)n2)cc1. The molecule has 0 aliphatic carbocycles. The van der Waals surface area contributed by atoms with Crippen LogP contribution >= 0.6 is 0 Å². The molecule has 0 aliphatic rings. The zero-order chi connectivity index (χ0) is 13.1. The lowest BCUT2D eigenvalue weighted by molar-refractivity contribution is 0.925. The zero-order valence-electron chi connectivity index (χ0n) is 11.0. The number of nitrogen functional groups attached to an aromatic ring is 1. The van der Waals surface area contributed by atoms with Gasteiger partial charge < -0.3 is 5.43 Å². The maximum atomic E-state index is 5.46. The van der Waals surface area contributed by atoms with Gasteiger partial charge in [-0.1, -0.05) is 29.8 Å². The normalized spacial score (nSPS) is 10.4. The van der Waals surface area contributed by atoms with Crippen molar-refractivity contribution in [3.05, 3.63) is 52.5 Å². The summed E-state index contributed by atoms with van der Waals surface area (Å²) in [7, 11) is 0. The third kappa shape index (κ3) is 2.65. The van der Waals surface area contributed by atoms with Crippen LogP contribution < -0.4 is 11.3 Å². The molecule has 0 saturated heterocycles. The van der Waals surface area contributed by atoms with E-state index in [2.05, 4.69) is 46.6 Å². The van der Waals surface area contributed by atoms with Crippen LogP contribution in [0.5, 0.6) is 0 Å². The topological polar surface area (TPSA) is 63.8 Å². The van der Waals surface area contributed by atoms with Gasteiger partial charge in [0.25, 0.3) is 0 Å². The molecule has 0 bridgehead atoms. The summed E-state index contributed by atoms with van der Waals surface area (Å²) in [5.41, 5.74) is 7.02. The number of benzene rings is 1. The first-order valence-corrected chi connectivity index (χ1v) is 5.96. The molecule has 3 N–H and O–H groups in total. The second kappa shape index (κ2) is 5.14. The van der Waals surface area contributed by atoms with Gasteiger partial charge in [0.05, 0.1) is 0 Å². The van der Waals surface area contributed by atoms with Gasteiger partial charge in [-0.25, -0.2) is 15.8 Å². The van der Waals surface area contributed by atoms with Gasteiger partial charge in [-0.2, -0.15) is 0 Å². The monoisotopic (exact) mass is 242 g/mol. The summed E-state index contributed by atoms with van der Waals surface area (Å²) in [6, 6.07) is 8.39. The number of aromatic nitrogens is 2. The second-order valence-electron chi connectivity index (χ2n) is 4.51. The van der Waals surface area contributed by atoms with Gasteiger partial charge in [0.2, 0.25) is 0 Å². The van der Waals surface area contributed by atoms with Crippen molar-refractivity contribution in [1.82, 2.24) is 9.97 Å². The van der Waals surface area contributed by atoms with E-state index in [1.54, 1.807) is 0 Å². The highest BCUT2D eigenvalue weighted by atomic mass is 15.3. The molecule has 0 atom stereocenters. The first-order chi connectivity index (χ1) is 8.60. The van der Waals surface area contributed by atoms with Gasteiger partial charge in [-0.3, -0.25) is 0 Å². The van der Waals surface area contributed by atoms with E-state index in [9.17, 15) is 0 Å². The van der Waals surface area contributed by atoms with Gasteiger partial charge in [0.1, 0.15) is 11.6 Å². The second-order valence-corrected chi connectivity index (χ2v) is 4.51. The molecule has 4 heteroatoms. The number of nitrogens with zero attached hydrogens (tertiary/aromatic N) is 2. The number of aryl methyl sites for hydroxylation is 2. The van der Waals surface area contributed by atoms with E-state index in [-0.39, 0.29) is 0 Å². The lowest BCUT2D eigenvalue weighted by Gasteiger charge is -2.09. The van der Waals surface area contributed by atoms with Crippen molar-refractivity contribution in [1.29, 1.82) is 0 Å². The average molecular weight is 242 g/mol. The van der Waals surface area contributed by atoms with Crippen molar-refractivity contribution in [3.8, 4) is 0 Å². The standard InChI is InChI=1S/C14H18N4/c1-9-4-6-12(7-5-9)8-13-16-11(3)10(2)14(17-13)18-15/h4-7H,8,15H2,1-3H3,(H,16,17,18). The lowest BCUT2D eigenvalue weighted by atomic mass is 10.1. The first-order valence-electron chi connectivity index (χ1n) is 5.96. The number of nitrogens with one attached hydrogen (secondary N) is 1. The number of hydrogen-bond acceptors (Lipinski definition) is 4. The predicted octanol–water partition coefficient (Wildman–Crippen LogP) is 2.28. The number of hydrazine groups is 1. The van der Waals surface area contributed by atoms with E-state index in [0.29, 0.717) is 5.82 Å². The molecule has 0 unspecified atom stereocenters. The van der Waals surface area contributed by atoms with E-state index in [0.717, 1.165) is 23.5 Å². The van der Waals surface area contributed by atoms with Crippen LogP contribution in [0, 0.1) is 20.8 Å². The summed E-state index contributed by atoms with van der Waals surface area (Å²) in [5.74, 6) is 6.95. The van der Waals surface area contributed by atoms with Crippen LogP contribution in [0.25, 0.3) is 0 Å². The molecule has 1 aromatic carbocycles. The molecule has 0 radical (unpaired) electrons. The third-order valence-corrected chi connectivity index (χ3v) is 3.06. The maximum Gasteiger partial charge on any atom is 0.146 e. The highest BCUT2D eigenvalue weighted by Gasteiger charge is 2.07. The summed E-state index contributed by atoms with van der Waals surface area (Å²) in [5, 5.41) is 0. The van der Waals surface area contributed by atoms with Crippen LogP contribution in [0.3, 0.4) is 0 Å². The fourth-order valence-electron chi connectivity index (χ4n) is 1.79. The Hall–Kier alpha value is -1.94. The van der Waals surface area contributed by atoms with Crippen LogP contribution in [0.15, 0.2) is 24.3 Å². The zero-order valence-corrected chi connectivity index (χ0v) is 11.0.